The maximum Gasteiger partial charge on any atom is 0.235 e. The molecule has 4 nitrogen and oxygen atoms in total. The molecule has 3 heterocycles. The first-order chi connectivity index (χ1) is 21.1. The molecule has 3 aromatic heterocycles. The first-order valence-corrected chi connectivity index (χ1v) is 14.8. The summed E-state index contributed by atoms with van der Waals surface area (Å²) in [6.07, 6.45) is 4.60. The number of hydrogen-bond donors (Lipinski definition) is 0. The molecule has 0 aliphatic heterocycles. The molecule has 0 amide bonds. The van der Waals surface area contributed by atoms with E-state index in [1.54, 1.807) is 0 Å². The third-order valence-electron chi connectivity index (χ3n) is 8.73. The first-order valence-electron chi connectivity index (χ1n) is 14.8. The van der Waals surface area contributed by atoms with Crippen LogP contribution in [-0.2, 0) is 0 Å². The minimum atomic E-state index is -0.134. The summed E-state index contributed by atoms with van der Waals surface area (Å²) in [5.74, 6) is 0.688. The number of para-hydroxylation sites is 5. The lowest BCUT2D eigenvalue weighted by Crippen LogP contribution is -2.31. The fourth-order valence-electron chi connectivity index (χ4n) is 6.99. The van der Waals surface area contributed by atoms with E-state index < -0.39 is 0 Å². The summed E-state index contributed by atoms with van der Waals surface area (Å²) in [7, 11) is 0. The largest absolute Gasteiger partial charge is 0.309 e. The maximum absolute atomic E-state index is 5.47. The van der Waals surface area contributed by atoms with Crippen molar-refractivity contribution in [1.29, 1.82) is 0 Å². The Labute approximate surface area is 248 Å². The van der Waals surface area contributed by atoms with Gasteiger partial charge in [0.05, 0.1) is 33.1 Å². The molecule has 204 valence electrons. The Bertz CT molecular complexity index is 2480. The van der Waals surface area contributed by atoms with Crippen molar-refractivity contribution in [2.45, 2.75) is 13.8 Å². The molecule has 0 fully saturated rings. The normalized spacial score (nSPS) is 13.9. The van der Waals surface area contributed by atoms with E-state index in [1.165, 1.54) is 27.1 Å². The molecule has 0 radical (unpaired) electrons. The van der Waals surface area contributed by atoms with Gasteiger partial charge in [0.1, 0.15) is 0 Å². The number of aromatic nitrogens is 4. The summed E-state index contributed by atoms with van der Waals surface area (Å²) < 4.78 is 4.61. The van der Waals surface area contributed by atoms with Crippen LogP contribution >= 0.6 is 0 Å². The van der Waals surface area contributed by atoms with Crippen molar-refractivity contribution in [1.82, 2.24) is 19.1 Å². The van der Waals surface area contributed by atoms with Crippen LogP contribution in [0.4, 0.5) is 0 Å². The lowest BCUT2D eigenvalue weighted by Gasteiger charge is -2.13. The molecule has 0 saturated heterocycles. The van der Waals surface area contributed by atoms with Gasteiger partial charge < -0.3 is 4.57 Å². The Morgan fingerprint density at radius 2 is 1.07 bits per heavy atom. The minimum Gasteiger partial charge on any atom is -0.309 e. The molecule has 0 atom stereocenters. The molecule has 4 heteroatoms. The Kier molecular flexibility index (Phi) is 4.92. The third kappa shape index (κ3) is 3.50. The number of fused-ring (bicyclic) bond motifs is 7. The zero-order valence-electron chi connectivity index (χ0n) is 24.0. The Morgan fingerprint density at radius 1 is 0.512 bits per heavy atom. The summed E-state index contributed by atoms with van der Waals surface area (Å²) in [6.45, 7) is 4.47. The number of nitrogens with zero attached hydrogens (tertiary/aromatic N) is 4. The number of hydrogen-bond acceptors (Lipinski definition) is 2. The second-order valence-corrected chi connectivity index (χ2v) is 12.0. The van der Waals surface area contributed by atoms with E-state index in [9.17, 15) is 0 Å². The minimum absolute atomic E-state index is 0.134. The highest BCUT2D eigenvalue weighted by atomic mass is 15.2. The zero-order valence-corrected chi connectivity index (χ0v) is 24.0. The molecular formula is C39H28N4. The molecule has 5 aromatic carbocycles. The van der Waals surface area contributed by atoms with E-state index in [1.807, 2.05) is 0 Å². The molecule has 1 aliphatic rings. The van der Waals surface area contributed by atoms with Gasteiger partial charge in [0, 0.05) is 43.4 Å². The van der Waals surface area contributed by atoms with Gasteiger partial charge >= 0.3 is 0 Å². The van der Waals surface area contributed by atoms with Gasteiger partial charge in [-0.05, 0) is 36.4 Å². The predicted octanol–water partition coefficient (Wildman–Crippen LogP) is 7.94. The van der Waals surface area contributed by atoms with E-state index >= 15 is 0 Å². The topological polar surface area (TPSA) is 35.6 Å². The number of benzene rings is 5. The summed E-state index contributed by atoms with van der Waals surface area (Å²) >= 11 is 0. The van der Waals surface area contributed by atoms with Crippen LogP contribution in [0.2, 0.25) is 0 Å². The molecule has 1 aliphatic carbocycles. The van der Waals surface area contributed by atoms with E-state index in [2.05, 4.69) is 156 Å². The molecular weight excluding hydrogens is 524 g/mol. The molecule has 0 spiro atoms. The van der Waals surface area contributed by atoms with Crippen LogP contribution in [0.5, 0.6) is 0 Å². The highest BCUT2D eigenvalue weighted by molar-refractivity contribution is 6.14. The third-order valence-corrected chi connectivity index (χ3v) is 8.73. The Hall–Kier alpha value is -5.48. The van der Waals surface area contributed by atoms with Gasteiger partial charge in [-0.25, -0.2) is 9.97 Å². The Morgan fingerprint density at radius 3 is 1.74 bits per heavy atom. The van der Waals surface area contributed by atoms with Crippen LogP contribution in [0.15, 0.2) is 121 Å². The van der Waals surface area contributed by atoms with Gasteiger partial charge in [0.25, 0.3) is 0 Å². The quantitative estimate of drug-likeness (QED) is 0.223. The van der Waals surface area contributed by atoms with Gasteiger partial charge in [-0.3, -0.25) is 4.57 Å². The smallest absolute Gasteiger partial charge is 0.235 e. The summed E-state index contributed by atoms with van der Waals surface area (Å²) in [5.41, 5.74) is 7.59. The van der Waals surface area contributed by atoms with Crippen molar-refractivity contribution in [3.63, 3.8) is 0 Å². The van der Waals surface area contributed by atoms with Crippen LogP contribution in [0.25, 0.3) is 78.7 Å². The Balaban J connectivity index is 1.44. The summed E-state index contributed by atoms with van der Waals surface area (Å²) in [5, 5.41) is 6.91. The lowest BCUT2D eigenvalue weighted by atomic mass is 9.95. The van der Waals surface area contributed by atoms with Gasteiger partial charge in [-0.15, -0.1) is 0 Å². The van der Waals surface area contributed by atoms with E-state index in [0.717, 1.165) is 44.1 Å². The molecule has 8 aromatic rings. The summed E-state index contributed by atoms with van der Waals surface area (Å²) in [4.78, 5) is 10.7. The molecule has 43 heavy (non-hydrogen) atoms. The number of rotatable bonds is 3. The highest BCUT2D eigenvalue weighted by Crippen LogP contribution is 2.38. The highest BCUT2D eigenvalue weighted by Gasteiger charge is 2.24. The molecule has 0 bridgehead atoms. The van der Waals surface area contributed by atoms with Gasteiger partial charge in [-0.2, -0.15) is 0 Å². The van der Waals surface area contributed by atoms with Crippen molar-refractivity contribution in [3.05, 3.63) is 132 Å². The van der Waals surface area contributed by atoms with E-state index in [-0.39, 0.29) is 5.41 Å². The van der Waals surface area contributed by atoms with E-state index in [0.29, 0.717) is 5.95 Å². The monoisotopic (exact) mass is 552 g/mol. The first kappa shape index (κ1) is 24.2. The van der Waals surface area contributed by atoms with Crippen molar-refractivity contribution in [2.75, 3.05) is 0 Å². The van der Waals surface area contributed by atoms with Gasteiger partial charge in [-0.1, -0.05) is 111 Å². The molecule has 0 unspecified atom stereocenters. The average molecular weight is 553 g/mol. The van der Waals surface area contributed by atoms with Crippen LogP contribution in [0.1, 0.15) is 13.8 Å². The standard InChI is InChI=1S/C39H28N4/c1-39(2)23-31-32(24-39)40-38(43-34-21-10-6-15-26(34)27-16-7-11-22-35(27)43)41-36(31)30-19-12-18-29-28-17-8-9-20-33(28)42(37(29)30)25-13-4-3-5-14-25/h3-24H,1-2H3. The lowest BCUT2D eigenvalue weighted by molar-refractivity contribution is 0.723. The maximum atomic E-state index is 5.47. The SMILES string of the molecule is CC1(C)C=c2nc(-n3c4ccccc4c4ccccc43)nc(-c3cccc4c5ccccc5n(-c5ccccc5)c34)c2=C1. The van der Waals surface area contributed by atoms with Crippen molar-refractivity contribution in [3.8, 4) is 22.9 Å². The van der Waals surface area contributed by atoms with Crippen molar-refractivity contribution >= 4 is 55.8 Å². The zero-order chi connectivity index (χ0) is 28.7. The van der Waals surface area contributed by atoms with Gasteiger partial charge in [0.2, 0.25) is 5.95 Å². The van der Waals surface area contributed by atoms with Crippen molar-refractivity contribution < 1.29 is 0 Å². The average Bonchev–Trinajstić information content (AvgIpc) is 3.67. The second kappa shape index (κ2) is 8.76. The van der Waals surface area contributed by atoms with E-state index in [4.69, 9.17) is 9.97 Å². The molecule has 0 saturated carbocycles. The molecule has 0 N–H and O–H groups in total. The summed E-state index contributed by atoms with van der Waals surface area (Å²) in [6, 6.07) is 43.0. The fourth-order valence-corrected chi connectivity index (χ4v) is 6.99. The predicted molar refractivity (Wildman–Crippen MR) is 178 cm³/mol. The second-order valence-electron chi connectivity index (χ2n) is 12.0. The van der Waals surface area contributed by atoms with Crippen LogP contribution in [0, 0.1) is 5.41 Å². The van der Waals surface area contributed by atoms with Crippen molar-refractivity contribution in [2.24, 2.45) is 5.41 Å². The van der Waals surface area contributed by atoms with Crippen LogP contribution in [0.3, 0.4) is 0 Å². The molecule has 9 rings (SSSR count). The van der Waals surface area contributed by atoms with Crippen LogP contribution in [-0.4, -0.2) is 19.1 Å². The van der Waals surface area contributed by atoms with Crippen LogP contribution < -0.4 is 10.6 Å². The van der Waals surface area contributed by atoms with Gasteiger partial charge in [0.15, 0.2) is 0 Å². The fraction of sp³-hybridized carbons (Fsp3) is 0.0769.